The van der Waals surface area contributed by atoms with E-state index < -0.39 is 0 Å². The predicted molar refractivity (Wildman–Crippen MR) is 97.1 cm³/mol. The fraction of sp³-hybridized carbons (Fsp3) is 0.579. The molecule has 2 aliphatic rings. The molecule has 0 N–H and O–H groups in total. The summed E-state index contributed by atoms with van der Waals surface area (Å²) in [5.41, 5.74) is 2.54. The molecule has 0 aromatic carbocycles. The van der Waals surface area contributed by atoms with Crippen LogP contribution in [0.1, 0.15) is 46.8 Å². The highest BCUT2D eigenvalue weighted by Crippen LogP contribution is 2.50. The van der Waals surface area contributed by atoms with Gasteiger partial charge < -0.3 is 14.3 Å². The Labute approximate surface area is 153 Å². The second-order valence-corrected chi connectivity index (χ2v) is 7.87. The van der Waals surface area contributed by atoms with Crippen molar-refractivity contribution in [1.82, 2.24) is 20.0 Å². The van der Waals surface area contributed by atoms with Crippen molar-refractivity contribution in [3.63, 3.8) is 0 Å². The maximum absolute atomic E-state index is 12.9. The van der Waals surface area contributed by atoms with E-state index in [4.69, 9.17) is 4.52 Å². The minimum Gasteiger partial charge on any atom is -0.361 e. The Balaban J connectivity index is 1.40. The van der Waals surface area contributed by atoms with Crippen LogP contribution in [0.4, 0.5) is 5.82 Å². The molecule has 138 valence electrons. The maximum atomic E-state index is 12.9. The highest BCUT2D eigenvalue weighted by Gasteiger charge is 2.51. The summed E-state index contributed by atoms with van der Waals surface area (Å²) in [5.74, 6) is 1.64. The average Bonchev–Trinajstić information content (AvgIpc) is 3.17. The Morgan fingerprint density at radius 1 is 1.31 bits per heavy atom. The molecule has 2 aromatic heterocycles. The SMILES string of the molecule is Cc1cc(N(C)C2CC3(CCN(C(=O)c4c(C)noc4C)C3)C2)ncn1. The molecule has 0 atom stereocenters. The summed E-state index contributed by atoms with van der Waals surface area (Å²) < 4.78 is 5.16. The molecular formula is C19H25N5O2. The molecule has 2 aromatic rings. The van der Waals surface area contributed by atoms with Gasteiger partial charge in [-0.3, -0.25) is 4.79 Å². The number of amides is 1. The van der Waals surface area contributed by atoms with Crippen molar-refractivity contribution in [3.05, 3.63) is 35.1 Å². The van der Waals surface area contributed by atoms with Crippen molar-refractivity contribution < 1.29 is 9.32 Å². The quantitative estimate of drug-likeness (QED) is 0.842. The summed E-state index contributed by atoms with van der Waals surface area (Å²) in [6.45, 7) is 7.25. The minimum atomic E-state index is 0.0568. The van der Waals surface area contributed by atoms with Gasteiger partial charge >= 0.3 is 0 Å². The maximum Gasteiger partial charge on any atom is 0.259 e. The van der Waals surface area contributed by atoms with Crippen molar-refractivity contribution in [3.8, 4) is 0 Å². The Kier molecular flexibility index (Phi) is 3.97. The number of carbonyl (C=O) groups excluding carboxylic acids is 1. The van der Waals surface area contributed by atoms with Crippen LogP contribution in [0.15, 0.2) is 16.9 Å². The van der Waals surface area contributed by atoms with Gasteiger partial charge in [0.05, 0.1) is 5.69 Å². The molecular weight excluding hydrogens is 330 g/mol. The molecule has 3 heterocycles. The predicted octanol–water partition coefficient (Wildman–Crippen LogP) is 2.52. The second kappa shape index (κ2) is 6.07. The van der Waals surface area contributed by atoms with E-state index in [0.29, 0.717) is 23.1 Å². The van der Waals surface area contributed by atoms with Crippen LogP contribution in [-0.2, 0) is 0 Å². The third-order valence-electron chi connectivity index (χ3n) is 6.01. The number of hydrogen-bond donors (Lipinski definition) is 0. The third kappa shape index (κ3) is 2.75. The Bertz CT molecular complexity index is 821. The van der Waals surface area contributed by atoms with Crippen LogP contribution in [-0.4, -0.2) is 52.1 Å². The lowest BCUT2D eigenvalue weighted by Crippen LogP contribution is -2.51. The zero-order chi connectivity index (χ0) is 18.5. The number of aromatic nitrogens is 3. The standard InChI is InChI=1S/C19H25N5O2/c1-12-7-16(21-11-20-12)23(4)15-8-19(9-15)5-6-24(10-19)18(25)17-13(2)22-26-14(17)3/h7,11,15H,5-6,8-10H2,1-4H3. The van der Waals surface area contributed by atoms with Gasteiger partial charge in [0.25, 0.3) is 5.91 Å². The number of rotatable bonds is 3. The fourth-order valence-electron chi connectivity index (χ4n) is 4.42. The minimum absolute atomic E-state index is 0.0568. The molecule has 2 fully saturated rings. The van der Waals surface area contributed by atoms with Crippen LogP contribution >= 0.6 is 0 Å². The number of anilines is 1. The number of hydrogen-bond acceptors (Lipinski definition) is 6. The van der Waals surface area contributed by atoms with Gasteiger partial charge in [-0.2, -0.15) is 0 Å². The van der Waals surface area contributed by atoms with E-state index in [2.05, 4.69) is 27.1 Å². The van der Waals surface area contributed by atoms with Crippen LogP contribution in [0, 0.1) is 26.2 Å². The number of aryl methyl sites for hydroxylation is 3. The molecule has 7 nitrogen and oxygen atoms in total. The Hall–Kier alpha value is -2.44. The van der Waals surface area contributed by atoms with E-state index in [-0.39, 0.29) is 11.3 Å². The summed E-state index contributed by atoms with van der Waals surface area (Å²) in [5, 5.41) is 3.91. The first kappa shape index (κ1) is 17.0. The monoisotopic (exact) mass is 355 g/mol. The van der Waals surface area contributed by atoms with E-state index in [1.807, 2.05) is 24.8 Å². The van der Waals surface area contributed by atoms with E-state index in [9.17, 15) is 4.79 Å². The van der Waals surface area contributed by atoms with Gasteiger partial charge in [-0.15, -0.1) is 0 Å². The van der Waals surface area contributed by atoms with Gasteiger partial charge in [-0.1, -0.05) is 5.16 Å². The molecule has 1 saturated heterocycles. The molecule has 4 rings (SSSR count). The van der Waals surface area contributed by atoms with Crippen LogP contribution in [0.25, 0.3) is 0 Å². The molecule has 0 bridgehead atoms. The second-order valence-electron chi connectivity index (χ2n) is 7.87. The van der Waals surface area contributed by atoms with Crippen LogP contribution in [0.2, 0.25) is 0 Å². The van der Waals surface area contributed by atoms with E-state index in [1.54, 1.807) is 13.3 Å². The van der Waals surface area contributed by atoms with Crippen LogP contribution < -0.4 is 4.90 Å². The summed E-state index contributed by atoms with van der Waals surface area (Å²) >= 11 is 0. The lowest BCUT2D eigenvalue weighted by Gasteiger charge is -2.49. The zero-order valence-corrected chi connectivity index (χ0v) is 15.8. The summed E-state index contributed by atoms with van der Waals surface area (Å²) in [4.78, 5) is 25.6. The number of carbonyl (C=O) groups is 1. The third-order valence-corrected chi connectivity index (χ3v) is 6.01. The van der Waals surface area contributed by atoms with Gasteiger partial charge in [-0.25, -0.2) is 9.97 Å². The van der Waals surface area contributed by atoms with Crippen molar-refractivity contribution in [2.45, 2.75) is 46.1 Å². The largest absolute Gasteiger partial charge is 0.361 e. The lowest BCUT2D eigenvalue weighted by atomic mass is 9.64. The van der Waals surface area contributed by atoms with Crippen molar-refractivity contribution in [2.24, 2.45) is 5.41 Å². The normalized spacial score (nSPS) is 24.8. The molecule has 1 spiro atoms. The van der Waals surface area contributed by atoms with Crippen molar-refractivity contribution in [1.29, 1.82) is 0 Å². The fourth-order valence-corrected chi connectivity index (χ4v) is 4.42. The van der Waals surface area contributed by atoms with Gasteiger partial charge in [0.15, 0.2) is 0 Å². The van der Waals surface area contributed by atoms with Crippen LogP contribution in [0.3, 0.4) is 0 Å². The molecule has 1 aliphatic heterocycles. The van der Waals surface area contributed by atoms with E-state index >= 15 is 0 Å². The number of nitrogens with zero attached hydrogens (tertiary/aromatic N) is 5. The highest BCUT2D eigenvalue weighted by molar-refractivity contribution is 5.96. The van der Waals surface area contributed by atoms with E-state index in [0.717, 1.165) is 43.9 Å². The summed E-state index contributed by atoms with van der Waals surface area (Å²) in [6, 6.07) is 2.49. The highest BCUT2D eigenvalue weighted by atomic mass is 16.5. The molecule has 0 radical (unpaired) electrons. The summed E-state index contributed by atoms with van der Waals surface area (Å²) in [6.07, 6.45) is 4.88. The first-order valence-corrected chi connectivity index (χ1v) is 9.12. The molecule has 1 amide bonds. The zero-order valence-electron chi connectivity index (χ0n) is 15.8. The molecule has 0 unspecified atom stereocenters. The first-order chi connectivity index (χ1) is 12.4. The number of likely N-dealkylation sites (tertiary alicyclic amines) is 1. The van der Waals surface area contributed by atoms with Gasteiger partial charge in [-0.05, 0) is 45.4 Å². The first-order valence-electron chi connectivity index (χ1n) is 9.12. The van der Waals surface area contributed by atoms with Crippen molar-refractivity contribution in [2.75, 3.05) is 25.0 Å². The van der Waals surface area contributed by atoms with Gasteiger partial charge in [0.2, 0.25) is 0 Å². The Morgan fingerprint density at radius 3 is 2.73 bits per heavy atom. The Morgan fingerprint density at radius 2 is 2.08 bits per heavy atom. The van der Waals surface area contributed by atoms with Crippen molar-refractivity contribution >= 4 is 11.7 Å². The van der Waals surface area contributed by atoms with Gasteiger partial charge in [0, 0.05) is 37.9 Å². The van der Waals surface area contributed by atoms with Gasteiger partial charge in [0.1, 0.15) is 23.5 Å². The molecule has 1 aliphatic carbocycles. The summed E-state index contributed by atoms with van der Waals surface area (Å²) in [7, 11) is 2.10. The lowest BCUT2D eigenvalue weighted by molar-refractivity contribution is 0.0696. The molecule has 26 heavy (non-hydrogen) atoms. The topological polar surface area (TPSA) is 75.4 Å². The smallest absolute Gasteiger partial charge is 0.259 e. The molecule has 1 saturated carbocycles. The average molecular weight is 355 g/mol. The van der Waals surface area contributed by atoms with E-state index in [1.165, 1.54) is 0 Å². The molecule has 7 heteroatoms. The van der Waals surface area contributed by atoms with Crippen LogP contribution in [0.5, 0.6) is 0 Å².